The fraction of sp³-hybridized carbons (Fsp3) is 0.333. The van der Waals surface area contributed by atoms with Gasteiger partial charge in [-0.05, 0) is 44.5 Å². The molecule has 0 unspecified atom stereocenters. The molecule has 1 heterocycles. The van der Waals surface area contributed by atoms with Crippen LogP contribution < -0.4 is 5.32 Å². The van der Waals surface area contributed by atoms with E-state index in [1.54, 1.807) is 0 Å². The van der Waals surface area contributed by atoms with Crippen LogP contribution in [0.15, 0.2) is 27.2 Å². The number of rotatable bonds is 3. The Hall–Kier alpha value is -1.36. The highest BCUT2D eigenvalue weighted by atomic mass is 79.9. The molecule has 90 valence electrons. The molecule has 0 atom stereocenters. The Morgan fingerprint density at radius 2 is 2.12 bits per heavy atom. The van der Waals surface area contributed by atoms with E-state index in [4.69, 9.17) is 4.52 Å². The van der Waals surface area contributed by atoms with Gasteiger partial charge in [0.2, 0.25) is 5.82 Å². The average molecular weight is 296 g/mol. The van der Waals surface area contributed by atoms with Crippen molar-refractivity contribution in [2.75, 3.05) is 5.32 Å². The second-order valence-electron chi connectivity index (χ2n) is 4.18. The van der Waals surface area contributed by atoms with Crippen LogP contribution in [-0.4, -0.2) is 16.2 Å². The first kappa shape index (κ1) is 12.1. The molecule has 0 aliphatic carbocycles. The van der Waals surface area contributed by atoms with Gasteiger partial charge in [-0.3, -0.25) is 0 Å². The molecule has 4 nitrogen and oxygen atoms in total. The Balaban J connectivity index is 2.30. The lowest BCUT2D eigenvalue weighted by Gasteiger charge is -2.02. The molecule has 0 bridgehead atoms. The summed E-state index contributed by atoms with van der Waals surface area (Å²) in [4.78, 5) is 4.31. The van der Waals surface area contributed by atoms with Crippen molar-refractivity contribution in [3.8, 4) is 11.4 Å². The van der Waals surface area contributed by atoms with E-state index < -0.39 is 0 Å². The van der Waals surface area contributed by atoms with Crippen LogP contribution in [0.1, 0.15) is 19.4 Å². The molecule has 17 heavy (non-hydrogen) atoms. The van der Waals surface area contributed by atoms with Gasteiger partial charge in [0.1, 0.15) is 0 Å². The summed E-state index contributed by atoms with van der Waals surface area (Å²) in [5.74, 6) is 0.609. The molecule has 0 spiro atoms. The molecule has 2 rings (SSSR count). The van der Waals surface area contributed by atoms with E-state index in [-0.39, 0.29) is 6.04 Å². The minimum atomic E-state index is 0.273. The van der Waals surface area contributed by atoms with Crippen molar-refractivity contribution in [2.45, 2.75) is 26.8 Å². The third-order valence-corrected chi connectivity index (χ3v) is 2.76. The van der Waals surface area contributed by atoms with Gasteiger partial charge in [0.15, 0.2) is 0 Å². The summed E-state index contributed by atoms with van der Waals surface area (Å²) in [6.45, 7) is 6.06. The lowest BCUT2D eigenvalue weighted by atomic mass is 10.1. The fourth-order valence-electron chi connectivity index (χ4n) is 1.52. The van der Waals surface area contributed by atoms with Crippen LogP contribution in [-0.2, 0) is 0 Å². The lowest BCUT2D eigenvalue weighted by molar-refractivity contribution is 0.429. The topological polar surface area (TPSA) is 51.0 Å². The van der Waals surface area contributed by atoms with Gasteiger partial charge in [-0.15, -0.1) is 0 Å². The Bertz CT molecular complexity index is 522. The first-order chi connectivity index (χ1) is 8.06. The zero-order valence-electron chi connectivity index (χ0n) is 9.99. The number of nitrogens with one attached hydrogen (secondary N) is 1. The largest absolute Gasteiger partial charge is 0.336 e. The zero-order chi connectivity index (χ0) is 12.4. The van der Waals surface area contributed by atoms with Crippen LogP contribution >= 0.6 is 15.9 Å². The summed E-state index contributed by atoms with van der Waals surface area (Å²) < 4.78 is 6.18. The first-order valence-corrected chi connectivity index (χ1v) is 6.22. The Morgan fingerprint density at radius 1 is 1.35 bits per heavy atom. The van der Waals surface area contributed by atoms with Crippen LogP contribution in [0.2, 0.25) is 0 Å². The highest BCUT2D eigenvalue weighted by molar-refractivity contribution is 9.10. The normalized spacial score (nSPS) is 10.9. The zero-order valence-corrected chi connectivity index (χ0v) is 11.6. The van der Waals surface area contributed by atoms with Crippen molar-refractivity contribution in [3.05, 3.63) is 28.2 Å². The van der Waals surface area contributed by atoms with E-state index in [9.17, 15) is 0 Å². The highest BCUT2D eigenvalue weighted by Crippen LogP contribution is 2.24. The maximum absolute atomic E-state index is 5.13. The SMILES string of the molecule is Cc1cc(Br)ccc1-c1noc(NC(C)C)n1. The molecular formula is C12H14BrN3O. The smallest absolute Gasteiger partial charge is 0.321 e. The molecule has 0 aliphatic rings. The quantitative estimate of drug-likeness (QED) is 0.939. The second-order valence-corrected chi connectivity index (χ2v) is 5.10. The van der Waals surface area contributed by atoms with Crippen LogP contribution in [0, 0.1) is 6.92 Å². The van der Waals surface area contributed by atoms with Gasteiger partial charge < -0.3 is 9.84 Å². The molecule has 1 aromatic heterocycles. The van der Waals surface area contributed by atoms with Crippen molar-refractivity contribution in [2.24, 2.45) is 0 Å². The van der Waals surface area contributed by atoms with Gasteiger partial charge in [-0.1, -0.05) is 21.1 Å². The molecular weight excluding hydrogens is 282 g/mol. The summed E-state index contributed by atoms with van der Waals surface area (Å²) in [5, 5.41) is 7.04. The minimum absolute atomic E-state index is 0.273. The van der Waals surface area contributed by atoms with Crippen molar-refractivity contribution < 1.29 is 4.52 Å². The van der Waals surface area contributed by atoms with Crippen LogP contribution in [0.3, 0.4) is 0 Å². The number of hydrogen-bond donors (Lipinski definition) is 1. The van der Waals surface area contributed by atoms with Crippen molar-refractivity contribution in [1.82, 2.24) is 10.1 Å². The minimum Gasteiger partial charge on any atom is -0.336 e. The molecule has 5 heteroatoms. The summed E-state index contributed by atoms with van der Waals surface area (Å²) >= 11 is 3.43. The summed E-state index contributed by atoms with van der Waals surface area (Å²) in [5.41, 5.74) is 2.09. The number of hydrogen-bond acceptors (Lipinski definition) is 4. The molecule has 0 amide bonds. The third kappa shape index (κ3) is 2.85. The van der Waals surface area contributed by atoms with E-state index in [0.717, 1.165) is 15.6 Å². The molecule has 0 aliphatic heterocycles. The predicted molar refractivity (Wildman–Crippen MR) is 70.9 cm³/mol. The standard InChI is InChI=1S/C12H14BrN3O/c1-7(2)14-12-15-11(16-17-12)10-5-4-9(13)6-8(10)3/h4-7H,1-3H3,(H,14,15,16). The summed E-state index contributed by atoms with van der Waals surface area (Å²) in [6.07, 6.45) is 0. The number of anilines is 1. The number of benzene rings is 1. The van der Waals surface area contributed by atoms with Gasteiger partial charge in [0.25, 0.3) is 0 Å². The van der Waals surface area contributed by atoms with Gasteiger partial charge in [-0.25, -0.2) is 0 Å². The predicted octanol–water partition coefficient (Wildman–Crippen LogP) is 3.63. The fourth-order valence-corrected chi connectivity index (χ4v) is 1.99. The van der Waals surface area contributed by atoms with E-state index in [1.165, 1.54) is 0 Å². The molecule has 0 radical (unpaired) electrons. The van der Waals surface area contributed by atoms with E-state index in [1.807, 2.05) is 39.0 Å². The van der Waals surface area contributed by atoms with Gasteiger partial charge in [0, 0.05) is 16.1 Å². The third-order valence-electron chi connectivity index (χ3n) is 2.27. The summed E-state index contributed by atoms with van der Waals surface area (Å²) in [7, 11) is 0. The Morgan fingerprint density at radius 3 is 2.76 bits per heavy atom. The maximum atomic E-state index is 5.13. The van der Waals surface area contributed by atoms with Crippen LogP contribution in [0.4, 0.5) is 6.01 Å². The van der Waals surface area contributed by atoms with Crippen molar-refractivity contribution in [1.29, 1.82) is 0 Å². The summed E-state index contributed by atoms with van der Waals surface area (Å²) in [6, 6.07) is 6.70. The molecule has 1 aromatic carbocycles. The van der Waals surface area contributed by atoms with E-state index >= 15 is 0 Å². The van der Waals surface area contributed by atoms with E-state index in [0.29, 0.717) is 11.8 Å². The number of aromatic nitrogens is 2. The van der Waals surface area contributed by atoms with Crippen LogP contribution in [0.5, 0.6) is 0 Å². The second kappa shape index (κ2) is 4.87. The Kier molecular flexibility index (Phi) is 3.47. The average Bonchev–Trinajstić information content (AvgIpc) is 2.65. The monoisotopic (exact) mass is 295 g/mol. The molecule has 0 saturated heterocycles. The van der Waals surface area contributed by atoms with Crippen LogP contribution in [0.25, 0.3) is 11.4 Å². The van der Waals surface area contributed by atoms with Gasteiger partial charge in [-0.2, -0.15) is 4.98 Å². The lowest BCUT2D eigenvalue weighted by Crippen LogP contribution is -2.09. The molecule has 2 aromatic rings. The van der Waals surface area contributed by atoms with Gasteiger partial charge >= 0.3 is 6.01 Å². The highest BCUT2D eigenvalue weighted by Gasteiger charge is 2.11. The molecule has 0 fully saturated rings. The first-order valence-electron chi connectivity index (χ1n) is 5.43. The number of halogens is 1. The Labute approximate surface area is 109 Å². The van der Waals surface area contributed by atoms with Crippen molar-refractivity contribution >= 4 is 21.9 Å². The van der Waals surface area contributed by atoms with Crippen molar-refractivity contribution in [3.63, 3.8) is 0 Å². The molecule has 0 saturated carbocycles. The molecule has 1 N–H and O–H groups in total. The maximum Gasteiger partial charge on any atom is 0.321 e. The van der Waals surface area contributed by atoms with E-state index in [2.05, 4.69) is 31.4 Å². The number of aryl methyl sites for hydroxylation is 1. The number of nitrogens with zero attached hydrogens (tertiary/aromatic N) is 2. The van der Waals surface area contributed by atoms with Gasteiger partial charge in [0.05, 0.1) is 0 Å².